The molecular formula is C18H22N4O. The van der Waals surface area contributed by atoms with Gasteiger partial charge in [-0.3, -0.25) is 4.79 Å². The van der Waals surface area contributed by atoms with Crippen LogP contribution >= 0.6 is 0 Å². The van der Waals surface area contributed by atoms with Crippen molar-refractivity contribution in [3.8, 4) is 0 Å². The molecule has 1 atom stereocenters. The van der Waals surface area contributed by atoms with Crippen LogP contribution in [0.3, 0.4) is 0 Å². The number of aromatic nitrogens is 2. The van der Waals surface area contributed by atoms with Crippen molar-refractivity contribution in [3.63, 3.8) is 0 Å². The van der Waals surface area contributed by atoms with Crippen molar-refractivity contribution in [2.24, 2.45) is 0 Å². The lowest BCUT2D eigenvalue weighted by molar-refractivity contribution is -0.130. The zero-order valence-electron chi connectivity index (χ0n) is 13.6. The summed E-state index contributed by atoms with van der Waals surface area (Å²) in [7, 11) is 3.62. The summed E-state index contributed by atoms with van der Waals surface area (Å²) in [5.41, 5.74) is 3.67. The molecule has 2 aromatic rings. The quantitative estimate of drug-likeness (QED) is 0.922. The Kier molecular flexibility index (Phi) is 4.55. The smallest absolute Gasteiger partial charge is 0.223 e. The molecule has 3 rings (SSSR count). The number of hydrogen-bond acceptors (Lipinski definition) is 4. The fraction of sp³-hybridized carbons (Fsp3) is 0.389. The van der Waals surface area contributed by atoms with E-state index in [1.165, 1.54) is 11.1 Å². The van der Waals surface area contributed by atoms with Gasteiger partial charge in [-0.2, -0.15) is 0 Å². The number of anilines is 1. The molecule has 1 aromatic heterocycles. The van der Waals surface area contributed by atoms with Gasteiger partial charge in [0, 0.05) is 45.0 Å². The van der Waals surface area contributed by atoms with Gasteiger partial charge in [0.05, 0.1) is 0 Å². The van der Waals surface area contributed by atoms with Crippen LogP contribution in [0.1, 0.15) is 35.4 Å². The number of benzene rings is 1. The largest absolute Gasteiger partial charge is 0.357 e. The average Bonchev–Trinajstić information content (AvgIpc) is 2.98. The molecule has 0 spiro atoms. The van der Waals surface area contributed by atoms with E-state index >= 15 is 0 Å². The first-order valence-corrected chi connectivity index (χ1v) is 7.98. The molecule has 0 radical (unpaired) electrons. The van der Waals surface area contributed by atoms with Gasteiger partial charge >= 0.3 is 0 Å². The molecule has 1 heterocycles. The highest BCUT2D eigenvalue weighted by molar-refractivity contribution is 5.77. The molecule has 5 heteroatoms. The van der Waals surface area contributed by atoms with Crippen LogP contribution in [-0.2, 0) is 17.8 Å². The first kappa shape index (κ1) is 15.5. The molecule has 0 saturated heterocycles. The van der Waals surface area contributed by atoms with Crippen LogP contribution in [-0.4, -0.2) is 34.9 Å². The number of aryl methyl sites for hydroxylation is 1. The summed E-state index contributed by atoms with van der Waals surface area (Å²) in [5, 5.41) is 2.89. The highest BCUT2D eigenvalue weighted by Gasteiger charge is 2.25. The molecule has 0 saturated carbocycles. The average molecular weight is 310 g/mol. The van der Waals surface area contributed by atoms with Crippen LogP contribution in [0.15, 0.2) is 36.7 Å². The van der Waals surface area contributed by atoms with Gasteiger partial charge in [-0.05, 0) is 29.9 Å². The standard InChI is InChI=1S/C18H22N4O/c1-19-18-20-10-13(11-21-18)12-22(2)17(23)9-15-8-7-14-5-3-4-6-16(14)15/h3-6,10-11,15H,7-9,12H2,1-2H3,(H,19,20,21)/t15-/m1/s1. The second kappa shape index (κ2) is 6.77. The zero-order valence-corrected chi connectivity index (χ0v) is 13.6. The minimum absolute atomic E-state index is 0.171. The lowest BCUT2D eigenvalue weighted by Gasteiger charge is -2.20. The summed E-state index contributed by atoms with van der Waals surface area (Å²) in [6, 6.07) is 8.46. The number of carbonyl (C=O) groups excluding carboxylic acids is 1. The van der Waals surface area contributed by atoms with E-state index in [4.69, 9.17) is 0 Å². The number of carbonyl (C=O) groups is 1. The predicted molar refractivity (Wildman–Crippen MR) is 90.2 cm³/mol. The summed E-state index contributed by atoms with van der Waals surface area (Å²) >= 11 is 0. The van der Waals surface area contributed by atoms with Gasteiger partial charge in [0.2, 0.25) is 11.9 Å². The maximum Gasteiger partial charge on any atom is 0.223 e. The van der Waals surface area contributed by atoms with E-state index in [1.54, 1.807) is 24.3 Å². The molecule has 0 fully saturated rings. The minimum atomic E-state index is 0.171. The van der Waals surface area contributed by atoms with E-state index in [0.29, 0.717) is 24.8 Å². The molecular weight excluding hydrogens is 288 g/mol. The van der Waals surface area contributed by atoms with Gasteiger partial charge in [-0.1, -0.05) is 24.3 Å². The third-order valence-electron chi connectivity index (χ3n) is 4.45. The third-order valence-corrected chi connectivity index (χ3v) is 4.45. The number of rotatable bonds is 5. The van der Waals surface area contributed by atoms with Crippen molar-refractivity contribution in [2.45, 2.75) is 31.7 Å². The summed E-state index contributed by atoms with van der Waals surface area (Å²) in [4.78, 5) is 22.6. The Balaban J connectivity index is 1.59. The van der Waals surface area contributed by atoms with E-state index in [1.807, 2.05) is 7.05 Å². The first-order valence-electron chi connectivity index (χ1n) is 7.98. The number of hydrogen-bond donors (Lipinski definition) is 1. The SMILES string of the molecule is CNc1ncc(CN(C)C(=O)C[C@H]2CCc3ccccc32)cn1. The van der Waals surface area contributed by atoms with Gasteiger partial charge in [-0.25, -0.2) is 9.97 Å². The molecule has 23 heavy (non-hydrogen) atoms. The van der Waals surface area contributed by atoms with E-state index in [9.17, 15) is 4.79 Å². The van der Waals surface area contributed by atoms with Crippen molar-refractivity contribution in [2.75, 3.05) is 19.4 Å². The van der Waals surface area contributed by atoms with Crippen LogP contribution in [0.4, 0.5) is 5.95 Å². The molecule has 120 valence electrons. The second-order valence-corrected chi connectivity index (χ2v) is 6.05. The Hall–Kier alpha value is -2.43. The summed E-state index contributed by atoms with van der Waals surface area (Å²) in [6.07, 6.45) is 6.24. The predicted octanol–water partition coefficient (Wildman–Crippen LogP) is 2.60. The van der Waals surface area contributed by atoms with Gasteiger partial charge in [-0.15, -0.1) is 0 Å². The fourth-order valence-electron chi connectivity index (χ4n) is 3.15. The molecule has 1 aliphatic carbocycles. The van der Waals surface area contributed by atoms with Gasteiger partial charge in [0.15, 0.2) is 0 Å². The molecule has 5 nitrogen and oxygen atoms in total. The van der Waals surface area contributed by atoms with E-state index in [2.05, 4.69) is 39.6 Å². The van der Waals surface area contributed by atoms with Crippen LogP contribution in [0.5, 0.6) is 0 Å². The molecule has 0 unspecified atom stereocenters. The van der Waals surface area contributed by atoms with E-state index in [-0.39, 0.29) is 5.91 Å². The maximum absolute atomic E-state index is 12.5. The third kappa shape index (κ3) is 3.50. The normalized spacial score (nSPS) is 16.0. The molecule has 0 bridgehead atoms. The molecule has 1 N–H and O–H groups in total. The van der Waals surface area contributed by atoms with Gasteiger partial charge < -0.3 is 10.2 Å². The Morgan fingerprint density at radius 2 is 2.04 bits per heavy atom. The van der Waals surface area contributed by atoms with Crippen LogP contribution in [0.25, 0.3) is 0 Å². The summed E-state index contributed by atoms with van der Waals surface area (Å²) in [6.45, 7) is 0.539. The Bertz CT molecular complexity index is 684. The maximum atomic E-state index is 12.5. The fourth-order valence-corrected chi connectivity index (χ4v) is 3.15. The van der Waals surface area contributed by atoms with Crippen LogP contribution < -0.4 is 5.32 Å². The lowest BCUT2D eigenvalue weighted by Crippen LogP contribution is -2.27. The summed E-state index contributed by atoms with van der Waals surface area (Å²) < 4.78 is 0. The number of nitrogens with one attached hydrogen (secondary N) is 1. The molecule has 1 aliphatic rings. The molecule has 1 aromatic carbocycles. The highest BCUT2D eigenvalue weighted by atomic mass is 16.2. The van der Waals surface area contributed by atoms with E-state index < -0.39 is 0 Å². The van der Waals surface area contributed by atoms with Crippen molar-refractivity contribution in [1.82, 2.24) is 14.9 Å². The minimum Gasteiger partial charge on any atom is -0.357 e. The highest BCUT2D eigenvalue weighted by Crippen LogP contribution is 2.35. The summed E-state index contributed by atoms with van der Waals surface area (Å²) in [5.74, 6) is 1.11. The van der Waals surface area contributed by atoms with Crippen LogP contribution in [0, 0.1) is 0 Å². The first-order chi connectivity index (χ1) is 11.2. The van der Waals surface area contributed by atoms with Crippen molar-refractivity contribution < 1.29 is 4.79 Å². The zero-order chi connectivity index (χ0) is 16.2. The van der Waals surface area contributed by atoms with Crippen molar-refractivity contribution in [1.29, 1.82) is 0 Å². The Morgan fingerprint density at radius 3 is 2.78 bits per heavy atom. The monoisotopic (exact) mass is 310 g/mol. The second-order valence-electron chi connectivity index (χ2n) is 6.05. The van der Waals surface area contributed by atoms with Gasteiger partial charge in [0.25, 0.3) is 0 Å². The number of amides is 1. The molecule has 0 aliphatic heterocycles. The number of nitrogens with zero attached hydrogens (tertiary/aromatic N) is 3. The van der Waals surface area contributed by atoms with Gasteiger partial charge in [0.1, 0.15) is 0 Å². The topological polar surface area (TPSA) is 58.1 Å². The molecule has 1 amide bonds. The van der Waals surface area contributed by atoms with Crippen molar-refractivity contribution in [3.05, 3.63) is 53.3 Å². The Morgan fingerprint density at radius 1 is 1.30 bits per heavy atom. The number of fused-ring (bicyclic) bond motifs is 1. The van der Waals surface area contributed by atoms with E-state index in [0.717, 1.165) is 18.4 Å². The Labute approximate surface area is 136 Å². The van der Waals surface area contributed by atoms with Crippen molar-refractivity contribution >= 4 is 11.9 Å². The van der Waals surface area contributed by atoms with Crippen LogP contribution in [0.2, 0.25) is 0 Å². The lowest BCUT2D eigenvalue weighted by atomic mass is 9.97.